The second-order valence-electron chi connectivity index (χ2n) is 20.6. The molecule has 4 aliphatic heterocycles. The molecule has 4 aliphatic rings. The first-order valence-electron chi connectivity index (χ1n) is 24.5. The average molecular weight is 950 g/mol. The molecule has 7 N–H and O–H groups in total. The second kappa shape index (κ2) is 21.6. The number of nitrogen functional groups attached to an aromatic ring is 1. The Hall–Kier alpha value is -5.20. The van der Waals surface area contributed by atoms with Crippen molar-refractivity contribution in [2.75, 3.05) is 70.0 Å². The topological polar surface area (TPSA) is 205 Å². The van der Waals surface area contributed by atoms with Crippen LogP contribution in [-0.2, 0) is 14.4 Å². The van der Waals surface area contributed by atoms with Gasteiger partial charge in [-0.1, -0.05) is 57.2 Å². The number of anilines is 2. The molecule has 2 aromatic carbocycles. The maximum Gasteiger partial charge on any atom is 0.246 e. The van der Waals surface area contributed by atoms with Crippen molar-refractivity contribution in [3.05, 3.63) is 71.4 Å². The minimum absolute atomic E-state index is 0.0331. The summed E-state index contributed by atoms with van der Waals surface area (Å²) in [5.74, 6) is 0.219. The maximum atomic E-state index is 14.3. The standard InChI is InChI=1S/C51H71N11O5S/c1-32(35-10-12-36(13-11-35)46-33(2)53-31-68-46)54-49(66)43-26-39(63)29-62(43)50(67)47(51(3,4)5)56-45(65)30-60-20-14-34(15-21-60)28-59-22-18-38(19-23-59)61-24-16-37(17-25-61)55-42-27-41(57-58-48(42)52)40-8-6-7-9-44(40)64/h6-13,27,31-32,34,37-39,43,47,63-64H,14-26,28-30H2,1-5H3,(H2,52,58)(H,54,66)(H,55,57)(H,56,65)/t32?,39-,43+,47?/m1/s1. The van der Waals surface area contributed by atoms with E-state index in [9.17, 15) is 24.6 Å². The molecule has 0 spiro atoms. The lowest BCUT2D eigenvalue weighted by Crippen LogP contribution is -2.59. The molecule has 4 saturated heterocycles. The number of aliphatic hydroxyl groups excluding tert-OH is 1. The number of β-amino-alcohol motifs (C(OH)–C–C–N with tert-alkyl or cyclic N) is 1. The number of nitrogens with one attached hydrogen (secondary N) is 3. The summed E-state index contributed by atoms with van der Waals surface area (Å²) in [5.41, 5.74) is 12.4. The smallest absolute Gasteiger partial charge is 0.246 e. The van der Waals surface area contributed by atoms with Crippen molar-refractivity contribution >= 4 is 40.6 Å². The van der Waals surface area contributed by atoms with Crippen LogP contribution < -0.4 is 21.7 Å². The fourth-order valence-electron chi connectivity index (χ4n) is 10.6. The molecule has 4 aromatic rings. The van der Waals surface area contributed by atoms with Crippen LogP contribution in [0, 0.1) is 18.3 Å². The lowest BCUT2D eigenvalue weighted by molar-refractivity contribution is -0.144. The van der Waals surface area contributed by atoms with Gasteiger partial charge in [-0.25, -0.2) is 4.98 Å². The van der Waals surface area contributed by atoms with Crippen LogP contribution in [0.5, 0.6) is 5.75 Å². The molecule has 3 amide bonds. The molecule has 0 radical (unpaired) electrons. The number of amides is 3. The van der Waals surface area contributed by atoms with Gasteiger partial charge in [-0.15, -0.1) is 21.5 Å². The van der Waals surface area contributed by atoms with E-state index >= 15 is 0 Å². The SMILES string of the molecule is Cc1ncsc1-c1ccc(C(C)NC(=O)[C@@H]2C[C@@H](O)CN2C(=O)C(NC(=O)CN2CCC(CN3CCC(N4CCC(Nc5cc(-c6ccccc6O)nnc5N)CC4)CC3)CC2)C(C)(C)C)cc1. The zero-order chi connectivity index (χ0) is 48.1. The predicted octanol–water partition coefficient (Wildman–Crippen LogP) is 5.29. The van der Waals surface area contributed by atoms with E-state index in [0.717, 1.165) is 98.9 Å². The Morgan fingerprint density at radius 3 is 2.25 bits per heavy atom. The largest absolute Gasteiger partial charge is 0.507 e. The molecule has 8 rings (SSSR count). The molecule has 68 heavy (non-hydrogen) atoms. The molecule has 2 unspecified atom stereocenters. The summed E-state index contributed by atoms with van der Waals surface area (Å²) in [6, 6.07) is 15.9. The van der Waals surface area contributed by atoms with E-state index in [0.29, 0.717) is 29.0 Å². The van der Waals surface area contributed by atoms with E-state index in [1.165, 1.54) is 17.7 Å². The van der Waals surface area contributed by atoms with Gasteiger partial charge >= 0.3 is 0 Å². The van der Waals surface area contributed by atoms with Crippen LogP contribution in [0.1, 0.15) is 89.9 Å². The van der Waals surface area contributed by atoms with Gasteiger partial charge in [0.1, 0.15) is 17.8 Å². The summed E-state index contributed by atoms with van der Waals surface area (Å²) in [5, 5.41) is 39.2. The number of nitrogens with zero attached hydrogens (tertiary/aromatic N) is 7. The highest BCUT2D eigenvalue weighted by atomic mass is 32.1. The lowest BCUT2D eigenvalue weighted by atomic mass is 9.85. The molecule has 4 atom stereocenters. The third kappa shape index (κ3) is 12.0. The zero-order valence-electron chi connectivity index (χ0n) is 40.4. The highest BCUT2D eigenvalue weighted by molar-refractivity contribution is 7.13. The Kier molecular flexibility index (Phi) is 15.7. The molecule has 17 heteroatoms. The summed E-state index contributed by atoms with van der Waals surface area (Å²) in [7, 11) is 0. The number of piperidine rings is 3. The van der Waals surface area contributed by atoms with Gasteiger partial charge in [-0.2, -0.15) is 0 Å². The highest BCUT2D eigenvalue weighted by Gasteiger charge is 2.45. The van der Waals surface area contributed by atoms with Gasteiger partial charge in [0.15, 0.2) is 5.82 Å². The number of likely N-dealkylation sites (tertiary alicyclic amines) is 4. The lowest BCUT2D eigenvalue weighted by Gasteiger charge is -2.43. The summed E-state index contributed by atoms with van der Waals surface area (Å²) in [6.45, 7) is 16.9. The van der Waals surface area contributed by atoms with Crippen LogP contribution in [0.4, 0.5) is 11.5 Å². The first kappa shape index (κ1) is 49.2. The van der Waals surface area contributed by atoms with E-state index in [-0.39, 0.29) is 55.1 Å². The Bertz CT molecular complexity index is 2350. The van der Waals surface area contributed by atoms with E-state index < -0.39 is 23.6 Å². The van der Waals surface area contributed by atoms with Crippen molar-refractivity contribution in [2.45, 2.75) is 116 Å². The minimum Gasteiger partial charge on any atom is -0.507 e. The van der Waals surface area contributed by atoms with Crippen molar-refractivity contribution in [2.24, 2.45) is 11.3 Å². The van der Waals surface area contributed by atoms with Crippen LogP contribution in [0.15, 0.2) is 60.1 Å². The fraction of sp³-hybridized carbons (Fsp3) is 0.569. The number of rotatable bonds is 14. The van der Waals surface area contributed by atoms with Crippen LogP contribution in [0.25, 0.3) is 21.7 Å². The van der Waals surface area contributed by atoms with E-state index in [4.69, 9.17) is 5.73 Å². The molecular weight excluding hydrogens is 879 g/mol. The first-order chi connectivity index (χ1) is 32.6. The molecule has 16 nitrogen and oxygen atoms in total. The number of aromatic hydroxyl groups is 1. The second-order valence-corrected chi connectivity index (χ2v) is 21.5. The zero-order valence-corrected chi connectivity index (χ0v) is 41.2. The predicted molar refractivity (Wildman–Crippen MR) is 267 cm³/mol. The summed E-state index contributed by atoms with van der Waals surface area (Å²) in [4.78, 5) is 56.1. The van der Waals surface area contributed by atoms with Gasteiger partial charge in [-0.3, -0.25) is 19.3 Å². The molecule has 366 valence electrons. The number of nitrogens with two attached hydrogens (primary N) is 1. The molecule has 4 fully saturated rings. The summed E-state index contributed by atoms with van der Waals surface area (Å²) >= 11 is 1.59. The minimum atomic E-state index is -0.867. The maximum absolute atomic E-state index is 14.3. The van der Waals surface area contributed by atoms with Gasteiger partial charge in [0.25, 0.3) is 0 Å². The van der Waals surface area contributed by atoms with Gasteiger partial charge < -0.3 is 46.6 Å². The number of hydrogen-bond donors (Lipinski definition) is 6. The van der Waals surface area contributed by atoms with E-state index in [1.54, 1.807) is 23.5 Å². The Morgan fingerprint density at radius 2 is 1.59 bits per heavy atom. The third-order valence-electron chi connectivity index (χ3n) is 14.6. The number of phenolic OH excluding ortho intramolecular Hbond substituents is 1. The number of carbonyl (C=O) groups excluding carboxylic acids is 3. The van der Waals surface area contributed by atoms with E-state index in [1.807, 2.05) is 82.6 Å². The van der Waals surface area contributed by atoms with Gasteiger partial charge in [-0.05, 0) is 119 Å². The van der Waals surface area contributed by atoms with Gasteiger partial charge in [0.05, 0.1) is 46.2 Å². The van der Waals surface area contributed by atoms with Crippen molar-refractivity contribution in [1.29, 1.82) is 0 Å². The third-order valence-corrected chi connectivity index (χ3v) is 15.6. The molecule has 0 bridgehead atoms. The van der Waals surface area contributed by atoms with Crippen molar-refractivity contribution in [3.63, 3.8) is 0 Å². The van der Waals surface area contributed by atoms with Gasteiger partial charge in [0, 0.05) is 50.2 Å². The van der Waals surface area contributed by atoms with Crippen LogP contribution in [0.3, 0.4) is 0 Å². The van der Waals surface area contributed by atoms with Crippen LogP contribution >= 0.6 is 11.3 Å². The number of phenols is 1. The molecule has 2 aromatic heterocycles. The van der Waals surface area contributed by atoms with E-state index in [2.05, 4.69) is 45.8 Å². The quantitative estimate of drug-likeness (QED) is 0.0953. The number of para-hydroxylation sites is 1. The Morgan fingerprint density at radius 1 is 0.897 bits per heavy atom. The monoisotopic (exact) mass is 950 g/mol. The number of thiazole rings is 1. The molecule has 0 saturated carbocycles. The van der Waals surface area contributed by atoms with Crippen molar-refractivity contribution in [1.82, 2.24) is 45.4 Å². The number of benzene rings is 2. The van der Waals surface area contributed by atoms with Crippen LogP contribution in [-0.4, -0.2) is 152 Å². The number of hydrogen-bond acceptors (Lipinski definition) is 14. The first-order valence-corrected chi connectivity index (χ1v) is 25.4. The summed E-state index contributed by atoms with van der Waals surface area (Å²) in [6.07, 6.45) is 5.72. The highest BCUT2D eigenvalue weighted by Crippen LogP contribution is 2.33. The molecule has 6 heterocycles. The average Bonchev–Trinajstić information content (AvgIpc) is 3.95. The fourth-order valence-corrected chi connectivity index (χ4v) is 11.4. The summed E-state index contributed by atoms with van der Waals surface area (Å²) < 4.78 is 0. The number of aromatic nitrogens is 3. The Labute approximate surface area is 405 Å². The molecular formula is C51H71N11O5S. The number of carbonyl (C=O) groups is 3. The number of aliphatic hydroxyl groups is 1. The molecule has 0 aliphatic carbocycles. The van der Waals surface area contributed by atoms with Gasteiger partial charge in [0.2, 0.25) is 17.7 Å². The van der Waals surface area contributed by atoms with Crippen molar-refractivity contribution in [3.8, 4) is 27.4 Å². The number of aryl methyl sites for hydroxylation is 1. The van der Waals surface area contributed by atoms with Crippen molar-refractivity contribution < 1.29 is 24.6 Å². The van der Waals surface area contributed by atoms with Crippen LogP contribution in [0.2, 0.25) is 0 Å². The normalized spacial score (nSPS) is 21.6. The Balaban J connectivity index is 0.749.